The van der Waals surface area contributed by atoms with Gasteiger partial charge >= 0.3 is 0 Å². The predicted molar refractivity (Wildman–Crippen MR) is 168 cm³/mol. The number of aliphatic hydroxyl groups excluding tert-OH is 2. The number of anilines is 4. The summed E-state index contributed by atoms with van der Waals surface area (Å²) in [7, 11) is 0. The van der Waals surface area contributed by atoms with E-state index in [1.54, 1.807) is 0 Å². The molecule has 4 aromatic rings. The smallest absolute Gasteiger partial charge is 0.138 e. The zero-order valence-electron chi connectivity index (χ0n) is 23.5. The molecule has 204 valence electrons. The summed E-state index contributed by atoms with van der Waals surface area (Å²) in [4.78, 5) is 0. The van der Waals surface area contributed by atoms with Crippen molar-refractivity contribution < 1.29 is 10.2 Å². The summed E-state index contributed by atoms with van der Waals surface area (Å²) >= 11 is 0. The third kappa shape index (κ3) is 3.22. The van der Waals surface area contributed by atoms with Gasteiger partial charge in [-0.05, 0) is 48.6 Å². The van der Waals surface area contributed by atoms with Gasteiger partial charge in [-0.25, -0.2) is 0 Å². The molecule has 40 heavy (non-hydrogen) atoms. The molecule has 4 aromatic carbocycles. The van der Waals surface area contributed by atoms with E-state index in [0.717, 1.165) is 81.1 Å². The molecule has 0 spiro atoms. The summed E-state index contributed by atoms with van der Waals surface area (Å²) in [5.41, 5.74) is 6.02. The SMILES string of the molecule is CCC1(CC)Nc2cccc3ccc(C4=C(O)C(c5ccc6cccc7c6c5NC(CC)(CC)N7)=C4O)c(c23)N1. The number of hydrogen-bond acceptors (Lipinski definition) is 6. The Morgan fingerprint density at radius 3 is 1.30 bits per heavy atom. The summed E-state index contributed by atoms with van der Waals surface area (Å²) in [5, 5.41) is 42.7. The number of benzene rings is 4. The summed E-state index contributed by atoms with van der Waals surface area (Å²) in [5.74, 6) is 0.244. The highest BCUT2D eigenvalue weighted by molar-refractivity contribution is 6.18. The molecule has 0 fully saturated rings. The van der Waals surface area contributed by atoms with Crippen LogP contribution in [0.5, 0.6) is 0 Å². The lowest BCUT2D eigenvalue weighted by atomic mass is 9.80. The molecular weight excluding hydrogens is 496 g/mol. The molecule has 0 amide bonds. The quantitative estimate of drug-likeness (QED) is 0.149. The van der Waals surface area contributed by atoms with Crippen molar-refractivity contribution in [1.82, 2.24) is 0 Å². The van der Waals surface area contributed by atoms with E-state index in [4.69, 9.17) is 0 Å². The van der Waals surface area contributed by atoms with Gasteiger partial charge in [0.1, 0.15) is 22.8 Å². The van der Waals surface area contributed by atoms with E-state index in [2.05, 4.69) is 97.5 Å². The molecule has 2 heterocycles. The highest BCUT2D eigenvalue weighted by atomic mass is 16.3. The van der Waals surface area contributed by atoms with Crippen LogP contribution >= 0.6 is 0 Å². The van der Waals surface area contributed by atoms with E-state index in [1.165, 1.54) is 0 Å². The number of nitrogens with one attached hydrogen (secondary N) is 4. The Hall–Kier alpha value is -4.32. The largest absolute Gasteiger partial charge is 0.506 e. The Bertz CT molecular complexity index is 1630. The van der Waals surface area contributed by atoms with Crippen molar-refractivity contribution in [2.24, 2.45) is 0 Å². The minimum absolute atomic E-state index is 0.122. The molecule has 6 heteroatoms. The van der Waals surface area contributed by atoms with Gasteiger partial charge in [0.05, 0.1) is 22.5 Å². The van der Waals surface area contributed by atoms with Crippen LogP contribution in [0.2, 0.25) is 0 Å². The van der Waals surface area contributed by atoms with Gasteiger partial charge in [-0.2, -0.15) is 0 Å². The van der Waals surface area contributed by atoms with Gasteiger partial charge in [-0.3, -0.25) is 0 Å². The Morgan fingerprint density at radius 1 is 0.525 bits per heavy atom. The molecule has 0 aromatic heterocycles. The second kappa shape index (κ2) is 8.59. The van der Waals surface area contributed by atoms with Crippen LogP contribution in [0.4, 0.5) is 22.7 Å². The molecule has 6 nitrogen and oxygen atoms in total. The minimum atomic E-state index is -0.307. The second-order valence-corrected chi connectivity index (χ2v) is 11.3. The maximum absolute atomic E-state index is 11.7. The zero-order valence-corrected chi connectivity index (χ0v) is 23.5. The van der Waals surface area contributed by atoms with E-state index in [9.17, 15) is 10.2 Å². The molecule has 2 aliphatic heterocycles. The van der Waals surface area contributed by atoms with Crippen LogP contribution < -0.4 is 21.3 Å². The first-order chi connectivity index (χ1) is 19.4. The molecule has 0 saturated heterocycles. The highest BCUT2D eigenvalue weighted by Crippen LogP contribution is 2.53. The summed E-state index contributed by atoms with van der Waals surface area (Å²) < 4.78 is 0. The van der Waals surface area contributed by atoms with Crippen LogP contribution in [0, 0.1) is 0 Å². The Kier molecular flexibility index (Phi) is 5.30. The lowest BCUT2D eigenvalue weighted by molar-refractivity contribution is 0.390. The molecule has 0 radical (unpaired) electrons. The van der Waals surface area contributed by atoms with Crippen LogP contribution in [0.25, 0.3) is 32.7 Å². The predicted octanol–water partition coefficient (Wildman–Crippen LogP) is 8.95. The van der Waals surface area contributed by atoms with E-state index in [-0.39, 0.29) is 22.8 Å². The summed E-state index contributed by atoms with van der Waals surface area (Å²) in [6.45, 7) is 8.67. The molecule has 7 rings (SSSR count). The van der Waals surface area contributed by atoms with E-state index in [1.807, 2.05) is 12.1 Å². The maximum atomic E-state index is 11.7. The molecule has 6 N–H and O–H groups in total. The zero-order chi connectivity index (χ0) is 27.8. The standard InChI is InChI=1S/C34H36N4O2/c1-5-33(6-2)35-23-13-9-11-19-15-17-21(29(37-33)25(19)23)27-31(39)28(32(27)40)22-18-16-20-12-10-14-24-26(20)30(22)38-34(7-3,8-4)36-24/h9-18,35-40H,5-8H2,1-4H3. The van der Waals surface area contributed by atoms with Crippen LogP contribution in [0.3, 0.4) is 0 Å². The Labute approximate surface area is 234 Å². The van der Waals surface area contributed by atoms with E-state index >= 15 is 0 Å². The van der Waals surface area contributed by atoms with Gasteiger partial charge in [-0.15, -0.1) is 0 Å². The monoisotopic (exact) mass is 532 g/mol. The topological polar surface area (TPSA) is 88.6 Å². The normalized spacial score (nSPS) is 18.1. The van der Waals surface area contributed by atoms with Crippen molar-refractivity contribution in [3.63, 3.8) is 0 Å². The lowest BCUT2D eigenvalue weighted by Crippen LogP contribution is -2.47. The van der Waals surface area contributed by atoms with Crippen LogP contribution in [-0.2, 0) is 0 Å². The van der Waals surface area contributed by atoms with Crippen molar-refractivity contribution in [3.8, 4) is 0 Å². The minimum Gasteiger partial charge on any atom is -0.506 e. The summed E-state index contributed by atoms with van der Waals surface area (Å²) in [6, 6.07) is 20.7. The fourth-order valence-electron chi connectivity index (χ4n) is 6.83. The lowest BCUT2D eigenvalue weighted by Gasteiger charge is -2.42. The first-order valence-corrected chi connectivity index (χ1v) is 14.5. The molecule has 0 saturated carbocycles. The summed E-state index contributed by atoms with van der Waals surface area (Å²) in [6.07, 6.45) is 3.52. The fourth-order valence-corrected chi connectivity index (χ4v) is 6.83. The number of aliphatic hydroxyl groups is 2. The third-order valence-electron chi connectivity index (χ3n) is 9.47. The second-order valence-electron chi connectivity index (χ2n) is 11.3. The highest BCUT2D eigenvalue weighted by Gasteiger charge is 2.40. The molecule has 0 atom stereocenters. The van der Waals surface area contributed by atoms with E-state index in [0.29, 0.717) is 11.1 Å². The molecular formula is C34H36N4O2. The van der Waals surface area contributed by atoms with Gasteiger partial charge in [0, 0.05) is 33.3 Å². The average molecular weight is 533 g/mol. The number of hydrogen-bond donors (Lipinski definition) is 6. The fraction of sp³-hybridized carbons (Fsp3) is 0.294. The molecule has 0 unspecified atom stereocenters. The maximum Gasteiger partial charge on any atom is 0.138 e. The Morgan fingerprint density at radius 2 is 0.925 bits per heavy atom. The first kappa shape index (κ1) is 24.7. The third-order valence-corrected chi connectivity index (χ3v) is 9.47. The van der Waals surface area contributed by atoms with Crippen molar-refractivity contribution in [2.45, 2.75) is 64.7 Å². The van der Waals surface area contributed by atoms with Gasteiger partial charge in [-0.1, -0.05) is 76.2 Å². The van der Waals surface area contributed by atoms with Crippen molar-refractivity contribution in [3.05, 3.63) is 83.3 Å². The van der Waals surface area contributed by atoms with Crippen molar-refractivity contribution in [2.75, 3.05) is 21.3 Å². The Balaban J connectivity index is 1.39. The van der Waals surface area contributed by atoms with Gasteiger partial charge in [0.15, 0.2) is 0 Å². The molecule has 3 aliphatic rings. The van der Waals surface area contributed by atoms with Crippen LogP contribution in [-0.4, -0.2) is 21.5 Å². The first-order valence-electron chi connectivity index (χ1n) is 14.5. The van der Waals surface area contributed by atoms with Crippen LogP contribution in [0.15, 0.2) is 72.2 Å². The average Bonchev–Trinajstić information content (AvgIpc) is 2.99. The van der Waals surface area contributed by atoms with Gasteiger partial charge in [0.25, 0.3) is 0 Å². The van der Waals surface area contributed by atoms with Gasteiger partial charge < -0.3 is 31.5 Å². The van der Waals surface area contributed by atoms with Crippen LogP contribution in [0.1, 0.15) is 64.5 Å². The number of rotatable bonds is 6. The van der Waals surface area contributed by atoms with E-state index < -0.39 is 0 Å². The van der Waals surface area contributed by atoms with Gasteiger partial charge in [0.2, 0.25) is 0 Å². The van der Waals surface area contributed by atoms with Crippen molar-refractivity contribution >= 4 is 55.4 Å². The molecule has 1 aliphatic carbocycles. The van der Waals surface area contributed by atoms with Crippen molar-refractivity contribution in [1.29, 1.82) is 0 Å². The molecule has 0 bridgehead atoms. The number of allylic oxidation sites excluding steroid dienone is 2.